The molecule has 1 heterocycles. The Bertz CT molecular complexity index is 364. The molecule has 1 aliphatic heterocycles. The molecule has 1 saturated heterocycles. The molecular weight excluding hydrogens is 242 g/mol. The van der Waals surface area contributed by atoms with Gasteiger partial charge in [0.05, 0.1) is 11.8 Å². The van der Waals surface area contributed by atoms with Gasteiger partial charge in [0.25, 0.3) is 0 Å². The lowest BCUT2D eigenvalue weighted by molar-refractivity contribution is -0.0109. The van der Waals surface area contributed by atoms with Gasteiger partial charge >= 0.3 is 0 Å². The van der Waals surface area contributed by atoms with E-state index in [0.717, 1.165) is 43.9 Å². The molecule has 1 aliphatic rings. The van der Waals surface area contributed by atoms with E-state index in [0.29, 0.717) is 6.61 Å². The van der Waals surface area contributed by atoms with Crippen LogP contribution in [0.25, 0.3) is 0 Å². The Balaban J connectivity index is 1.84. The highest BCUT2D eigenvalue weighted by atomic mass is 16.5. The topological polar surface area (TPSA) is 50.7 Å². The number of hydrogen-bond donors (Lipinski definition) is 2. The van der Waals surface area contributed by atoms with Gasteiger partial charge in [-0.1, -0.05) is 12.1 Å². The zero-order chi connectivity index (χ0) is 13.3. The lowest BCUT2D eigenvalue weighted by Crippen LogP contribution is -2.26. The molecule has 0 spiro atoms. The number of anilines is 1. The van der Waals surface area contributed by atoms with Gasteiger partial charge in [-0.2, -0.15) is 0 Å². The maximum atomic E-state index is 8.80. The highest BCUT2D eigenvalue weighted by Crippen LogP contribution is 2.24. The first-order valence-electron chi connectivity index (χ1n) is 7.08. The van der Waals surface area contributed by atoms with Crippen LogP contribution in [-0.4, -0.2) is 37.6 Å². The summed E-state index contributed by atoms with van der Waals surface area (Å²) >= 11 is 0. The summed E-state index contributed by atoms with van der Waals surface area (Å²) in [6.07, 6.45) is 4.43. The summed E-state index contributed by atoms with van der Waals surface area (Å²) < 4.78 is 11.5. The van der Waals surface area contributed by atoms with E-state index in [2.05, 4.69) is 5.32 Å². The first kappa shape index (κ1) is 14.2. The van der Waals surface area contributed by atoms with Crippen molar-refractivity contribution in [2.45, 2.75) is 31.8 Å². The van der Waals surface area contributed by atoms with E-state index in [-0.39, 0.29) is 12.7 Å². The summed E-state index contributed by atoms with van der Waals surface area (Å²) in [4.78, 5) is 0. The summed E-state index contributed by atoms with van der Waals surface area (Å²) in [5.74, 6) is 0.856. The van der Waals surface area contributed by atoms with Crippen molar-refractivity contribution in [3.05, 3.63) is 24.3 Å². The summed E-state index contributed by atoms with van der Waals surface area (Å²) in [6, 6.07) is 7.90. The van der Waals surface area contributed by atoms with Gasteiger partial charge in [0.15, 0.2) is 0 Å². The van der Waals surface area contributed by atoms with E-state index in [9.17, 15) is 0 Å². The Labute approximate surface area is 114 Å². The number of hydrogen-bond acceptors (Lipinski definition) is 4. The monoisotopic (exact) mass is 265 g/mol. The van der Waals surface area contributed by atoms with Crippen LogP contribution in [0.15, 0.2) is 24.3 Å². The highest BCUT2D eigenvalue weighted by Gasteiger charge is 2.15. The third-order valence-electron chi connectivity index (χ3n) is 3.24. The molecule has 19 heavy (non-hydrogen) atoms. The molecule has 0 bridgehead atoms. The van der Waals surface area contributed by atoms with Crippen molar-refractivity contribution < 1.29 is 14.6 Å². The average molecular weight is 265 g/mol. The maximum Gasteiger partial charge on any atom is 0.142 e. The van der Waals surface area contributed by atoms with Gasteiger partial charge in [0, 0.05) is 19.8 Å². The van der Waals surface area contributed by atoms with Crippen molar-refractivity contribution >= 4 is 5.69 Å². The van der Waals surface area contributed by atoms with Gasteiger partial charge in [-0.15, -0.1) is 0 Å². The molecule has 2 rings (SSSR count). The molecule has 0 amide bonds. The fourth-order valence-electron chi connectivity index (χ4n) is 2.16. The SMILES string of the molecule is OCCCNc1ccccc1OC[C@@H]1CCCCO1. The third-order valence-corrected chi connectivity index (χ3v) is 3.24. The Kier molecular flexibility index (Phi) is 5.98. The minimum Gasteiger partial charge on any atom is -0.489 e. The second-order valence-electron chi connectivity index (χ2n) is 4.80. The fraction of sp³-hybridized carbons (Fsp3) is 0.600. The standard InChI is InChI=1S/C15H23NO3/c17-10-5-9-16-14-7-1-2-8-15(14)19-12-13-6-3-4-11-18-13/h1-2,7-8,13,16-17H,3-6,9-12H2/t13-/m0/s1. The van der Waals surface area contributed by atoms with Gasteiger partial charge in [-0.25, -0.2) is 0 Å². The number of para-hydroxylation sites is 2. The van der Waals surface area contributed by atoms with E-state index in [1.165, 1.54) is 6.42 Å². The van der Waals surface area contributed by atoms with Crippen molar-refractivity contribution in [3.63, 3.8) is 0 Å². The predicted octanol–water partition coefficient (Wildman–Crippen LogP) is 2.43. The Morgan fingerprint density at radius 1 is 1.32 bits per heavy atom. The number of aliphatic hydroxyl groups is 1. The Hall–Kier alpha value is -1.26. The predicted molar refractivity (Wildman–Crippen MR) is 75.7 cm³/mol. The average Bonchev–Trinajstić information content (AvgIpc) is 2.48. The number of ether oxygens (including phenoxy) is 2. The van der Waals surface area contributed by atoms with Gasteiger partial charge in [-0.3, -0.25) is 0 Å². The molecule has 1 fully saturated rings. The number of rotatable bonds is 7. The Morgan fingerprint density at radius 2 is 2.21 bits per heavy atom. The lowest BCUT2D eigenvalue weighted by atomic mass is 10.1. The fourth-order valence-corrected chi connectivity index (χ4v) is 2.16. The molecule has 0 unspecified atom stereocenters. The molecule has 0 aliphatic carbocycles. The lowest BCUT2D eigenvalue weighted by Gasteiger charge is -2.23. The van der Waals surface area contributed by atoms with Crippen LogP contribution in [-0.2, 0) is 4.74 Å². The van der Waals surface area contributed by atoms with Crippen molar-refractivity contribution in [2.75, 3.05) is 31.7 Å². The minimum atomic E-state index is 0.200. The first-order chi connectivity index (χ1) is 9.40. The molecular formula is C15H23NO3. The van der Waals surface area contributed by atoms with Crippen molar-refractivity contribution in [3.8, 4) is 5.75 Å². The second-order valence-corrected chi connectivity index (χ2v) is 4.80. The molecule has 0 aromatic heterocycles. The van der Waals surface area contributed by atoms with Gasteiger partial charge in [0.1, 0.15) is 12.4 Å². The van der Waals surface area contributed by atoms with Gasteiger partial charge in [0.2, 0.25) is 0 Å². The molecule has 0 radical (unpaired) electrons. The van der Waals surface area contributed by atoms with Gasteiger partial charge < -0.3 is 19.9 Å². The Morgan fingerprint density at radius 3 is 3.00 bits per heavy atom. The van der Waals surface area contributed by atoms with Crippen LogP contribution >= 0.6 is 0 Å². The second kappa shape index (κ2) is 8.02. The van der Waals surface area contributed by atoms with E-state index in [1.807, 2.05) is 24.3 Å². The zero-order valence-corrected chi connectivity index (χ0v) is 11.3. The summed E-state index contributed by atoms with van der Waals surface area (Å²) in [5.41, 5.74) is 0.978. The van der Waals surface area contributed by atoms with Crippen LogP contribution < -0.4 is 10.1 Å². The maximum absolute atomic E-state index is 8.80. The minimum absolute atomic E-state index is 0.200. The van der Waals surface area contributed by atoms with E-state index in [4.69, 9.17) is 14.6 Å². The van der Waals surface area contributed by atoms with E-state index in [1.54, 1.807) is 0 Å². The van der Waals surface area contributed by atoms with Crippen LogP contribution in [0.5, 0.6) is 5.75 Å². The van der Waals surface area contributed by atoms with Crippen molar-refractivity contribution in [2.24, 2.45) is 0 Å². The molecule has 4 nitrogen and oxygen atoms in total. The first-order valence-corrected chi connectivity index (χ1v) is 7.08. The zero-order valence-electron chi connectivity index (χ0n) is 11.3. The molecule has 1 atom stereocenters. The molecule has 2 N–H and O–H groups in total. The quantitative estimate of drug-likeness (QED) is 0.743. The molecule has 1 aromatic carbocycles. The molecule has 4 heteroatoms. The van der Waals surface area contributed by atoms with Crippen LogP contribution in [0.4, 0.5) is 5.69 Å². The highest BCUT2D eigenvalue weighted by molar-refractivity contribution is 5.56. The number of aliphatic hydroxyl groups excluding tert-OH is 1. The third kappa shape index (κ3) is 4.73. The summed E-state index contributed by atoms with van der Waals surface area (Å²) in [5, 5.41) is 12.1. The number of nitrogens with one attached hydrogen (secondary N) is 1. The smallest absolute Gasteiger partial charge is 0.142 e. The van der Waals surface area contributed by atoms with E-state index < -0.39 is 0 Å². The van der Waals surface area contributed by atoms with E-state index >= 15 is 0 Å². The summed E-state index contributed by atoms with van der Waals surface area (Å²) in [7, 11) is 0. The van der Waals surface area contributed by atoms with Crippen LogP contribution in [0.3, 0.4) is 0 Å². The largest absolute Gasteiger partial charge is 0.489 e. The van der Waals surface area contributed by atoms with Crippen LogP contribution in [0, 0.1) is 0 Å². The van der Waals surface area contributed by atoms with Crippen LogP contribution in [0.1, 0.15) is 25.7 Å². The number of benzene rings is 1. The summed E-state index contributed by atoms with van der Waals surface area (Å²) in [6.45, 7) is 2.41. The van der Waals surface area contributed by atoms with Crippen LogP contribution in [0.2, 0.25) is 0 Å². The van der Waals surface area contributed by atoms with Gasteiger partial charge in [-0.05, 0) is 37.8 Å². The molecule has 106 valence electrons. The van der Waals surface area contributed by atoms with Crippen molar-refractivity contribution in [1.29, 1.82) is 0 Å². The molecule has 0 saturated carbocycles. The molecule has 1 aromatic rings. The van der Waals surface area contributed by atoms with Crippen molar-refractivity contribution in [1.82, 2.24) is 0 Å². The normalized spacial score (nSPS) is 19.1.